The topological polar surface area (TPSA) is 38.3 Å². The van der Waals surface area contributed by atoms with Gasteiger partial charge in [0.25, 0.3) is 0 Å². The first-order chi connectivity index (χ1) is 7.96. The van der Waals surface area contributed by atoms with Crippen LogP contribution in [0.5, 0.6) is 0 Å². The zero-order chi connectivity index (χ0) is 13.3. The van der Waals surface area contributed by atoms with Gasteiger partial charge in [0.05, 0.1) is 6.61 Å². The molecule has 0 aliphatic heterocycles. The summed E-state index contributed by atoms with van der Waals surface area (Å²) in [6.07, 6.45) is 5.15. The van der Waals surface area contributed by atoms with Crippen LogP contribution in [0.2, 0.25) is 0 Å². The summed E-state index contributed by atoms with van der Waals surface area (Å²) >= 11 is 1.85. The maximum absolute atomic E-state index is 12.0. The molecule has 1 atom stereocenters. The maximum atomic E-state index is 12.0. The third-order valence-corrected chi connectivity index (χ3v) is 3.31. The molecule has 4 heteroatoms. The van der Waals surface area contributed by atoms with Crippen LogP contribution in [0.4, 0.5) is 0 Å². The number of nitrogens with one attached hydrogen (secondary N) is 1. The van der Waals surface area contributed by atoms with Gasteiger partial charge in [-0.15, -0.1) is 0 Å². The van der Waals surface area contributed by atoms with Gasteiger partial charge in [-0.2, -0.15) is 11.8 Å². The fraction of sp³-hybridized carbons (Fsp3) is 0.923. The van der Waals surface area contributed by atoms with Gasteiger partial charge in [-0.1, -0.05) is 6.42 Å². The average Bonchev–Trinajstić information content (AvgIpc) is 2.24. The molecule has 1 unspecified atom stereocenters. The highest BCUT2D eigenvalue weighted by Crippen LogP contribution is 2.18. The number of esters is 1. The highest BCUT2D eigenvalue weighted by atomic mass is 32.2. The van der Waals surface area contributed by atoms with Crippen LogP contribution in [0.3, 0.4) is 0 Å². The third kappa shape index (κ3) is 6.94. The number of carbonyl (C=O) groups is 1. The Bertz CT molecular complexity index is 221. The van der Waals surface area contributed by atoms with Crippen LogP contribution in [-0.4, -0.2) is 36.2 Å². The predicted octanol–water partition coefficient (Wildman–Crippen LogP) is 2.84. The fourth-order valence-corrected chi connectivity index (χ4v) is 2.38. The van der Waals surface area contributed by atoms with E-state index < -0.39 is 5.54 Å². The normalized spacial score (nSPS) is 14.7. The lowest BCUT2D eigenvalue weighted by Gasteiger charge is -2.30. The molecule has 0 aromatic rings. The van der Waals surface area contributed by atoms with Crippen LogP contribution in [0.1, 0.15) is 47.0 Å². The van der Waals surface area contributed by atoms with Gasteiger partial charge in [0.1, 0.15) is 5.54 Å². The number of hydrogen-bond donors (Lipinski definition) is 1. The summed E-state index contributed by atoms with van der Waals surface area (Å²) in [5, 5.41) is 3.34. The molecule has 1 N–H and O–H groups in total. The van der Waals surface area contributed by atoms with Crippen molar-refractivity contribution in [3.8, 4) is 0 Å². The van der Waals surface area contributed by atoms with Crippen molar-refractivity contribution in [1.82, 2.24) is 5.32 Å². The number of hydrogen-bond acceptors (Lipinski definition) is 4. The summed E-state index contributed by atoms with van der Waals surface area (Å²) in [6.45, 7) is 8.35. The second-order valence-corrected chi connectivity index (χ2v) is 5.79. The van der Waals surface area contributed by atoms with Crippen molar-refractivity contribution in [3.63, 3.8) is 0 Å². The van der Waals surface area contributed by atoms with Crippen molar-refractivity contribution in [2.24, 2.45) is 0 Å². The first-order valence-corrected chi connectivity index (χ1v) is 7.79. The summed E-state index contributed by atoms with van der Waals surface area (Å²) in [5.41, 5.74) is -0.539. The molecule has 0 rings (SSSR count). The van der Waals surface area contributed by atoms with Gasteiger partial charge in [-0.05, 0) is 52.5 Å². The molecule has 17 heavy (non-hydrogen) atoms. The standard InChI is InChI=1S/C13H27NO2S/c1-6-16-12(15)13(4,14-11(2)3)9-7-8-10-17-5/h11,14H,6-10H2,1-5H3. The molecule has 0 fully saturated rings. The van der Waals surface area contributed by atoms with E-state index in [0.717, 1.165) is 25.0 Å². The lowest BCUT2D eigenvalue weighted by molar-refractivity contribution is -0.151. The minimum atomic E-state index is -0.539. The summed E-state index contributed by atoms with van der Waals surface area (Å²) < 4.78 is 5.16. The number of ether oxygens (including phenoxy) is 1. The van der Waals surface area contributed by atoms with Crippen LogP contribution < -0.4 is 5.32 Å². The quantitative estimate of drug-likeness (QED) is 0.511. The Morgan fingerprint density at radius 3 is 2.53 bits per heavy atom. The van der Waals surface area contributed by atoms with Gasteiger partial charge >= 0.3 is 5.97 Å². The average molecular weight is 261 g/mol. The van der Waals surface area contributed by atoms with Crippen molar-refractivity contribution in [1.29, 1.82) is 0 Å². The van der Waals surface area contributed by atoms with E-state index >= 15 is 0 Å². The first-order valence-electron chi connectivity index (χ1n) is 6.40. The SMILES string of the molecule is CCOC(=O)C(C)(CCCCSC)NC(C)C. The van der Waals surface area contributed by atoms with Crippen LogP contribution in [0.25, 0.3) is 0 Å². The Kier molecular flexibility index (Phi) is 8.70. The van der Waals surface area contributed by atoms with Crippen molar-refractivity contribution >= 4 is 17.7 Å². The Balaban J connectivity index is 4.33. The van der Waals surface area contributed by atoms with Gasteiger partial charge in [0.15, 0.2) is 0 Å². The molecule has 0 radical (unpaired) electrons. The minimum absolute atomic E-state index is 0.127. The van der Waals surface area contributed by atoms with E-state index in [0.29, 0.717) is 6.61 Å². The largest absolute Gasteiger partial charge is 0.465 e. The minimum Gasteiger partial charge on any atom is -0.465 e. The van der Waals surface area contributed by atoms with E-state index in [4.69, 9.17) is 4.74 Å². The van der Waals surface area contributed by atoms with Crippen molar-refractivity contribution in [2.75, 3.05) is 18.6 Å². The Morgan fingerprint density at radius 1 is 1.41 bits per heavy atom. The summed E-state index contributed by atoms with van der Waals surface area (Å²) in [7, 11) is 0. The van der Waals surface area contributed by atoms with Crippen LogP contribution in [-0.2, 0) is 9.53 Å². The number of thioether (sulfide) groups is 1. The first kappa shape index (κ1) is 16.8. The number of carbonyl (C=O) groups excluding carboxylic acids is 1. The molecular weight excluding hydrogens is 234 g/mol. The van der Waals surface area contributed by atoms with E-state index in [1.54, 1.807) is 0 Å². The van der Waals surface area contributed by atoms with E-state index in [1.807, 2.05) is 25.6 Å². The number of unbranched alkanes of at least 4 members (excludes halogenated alkanes) is 1. The van der Waals surface area contributed by atoms with Gasteiger partial charge in [0, 0.05) is 6.04 Å². The molecule has 0 saturated heterocycles. The van der Waals surface area contributed by atoms with Crippen molar-refractivity contribution in [2.45, 2.75) is 58.5 Å². The lowest BCUT2D eigenvalue weighted by Crippen LogP contribution is -2.53. The summed E-state index contributed by atoms with van der Waals surface area (Å²) in [5.74, 6) is 1.03. The Hall–Kier alpha value is -0.220. The molecule has 0 spiro atoms. The zero-order valence-electron chi connectivity index (χ0n) is 11.8. The molecule has 0 bridgehead atoms. The molecule has 0 saturated carbocycles. The highest BCUT2D eigenvalue weighted by Gasteiger charge is 2.34. The van der Waals surface area contributed by atoms with Gasteiger partial charge in [0.2, 0.25) is 0 Å². The fourth-order valence-electron chi connectivity index (χ4n) is 1.89. The molecule has 0 heterocycles. The molecular formula is C13H27NO2S. The van der Waals surface area contributed by atoms with Crippen LogP contribution in [0.15, 0.2) is 0 Å². The Morgan fingerprint density at radius 2 is 2.06 bits per heavy atom. The van der Waals surface area contributed by atoms with E-state index in [2.05, 4.69) is 25.4 Å². The molecule has 0 aromatic heterocycles. The molecule has 102 valence electrons. The molecule has 0 aliphatic rings. The van der Waals surface area contributed by atoms with E-state index in [1.165, 1.54) is 0 Å². The second-order valence-electron chi connectivity index (χ2n) is 4.80. The zero-order valence-corrected chi connectivity index (χ0v) is 12.7. The predicted molar refractivity (Wildman–Crippen MR) is 75.5 cm³/mol. The third-order valence-electron chi connectivity index (χ3n) is 2.61. The molecule has 0 aromatic carbocycles. The van der Waals surface area contributed by atoms with Gasteiger partial charge in [-0.25, -0.2) is 0 Å². The lowest BCUT2D eigenvalue weighted by atomic mass is 9.94. The van der Waals surface area contributed by atoms with E-state index in [-0.39, 0.29) is 12.0 Å². The monoisotopic (exact) mass is 261 g/mol. The number of rotatable bonds is 9. The smallest absolute Gasteiger partial charge is 0.326 e. The summed E-state index contributed by atoms with van der Waals surface area (Å²) in [4.78, 5) is 12.0. The molecule has 0 aliphatic carbocycles. The van der Waals surface area contributed by atoms with Crippen molar-refractivity contribution in [3.05, 3.63) is 0 Å². The van der Waals surface area contributed by atoms with Gasteiger partial charge < -0.3 is 4.74 Å². The van der Waals surface area contributed by atoms with E-state index in [9.17, 15) is 4.79 Å². The Labute approximate surface area is 110 Å². The highest BCUT2D eigenvalue weighted by molar-refractivity contribution is 7.98. The second kappa shape index (κ2) is 8.81. The van der Waals surface area contributed by atoms with Crippen LogP contribution >= 0.6 is 11.8 Å². The maximum Gasteiger partial charge on any atom is 0.326 e. The van der Waals surface area contributed by atoms with Crippen LogP contribution in [0, 0.1) is 0 Å². The van der Waals surface area contributed by atoms with Gasteiger partial charge in [-0.3, -0.25) is 10.1 Å². The molecule has 3 nitrogen and oxygen atoms in total. The van der Waals surface area contributed by atoms with Crippen molar-refractivity contribution < 1.29 is 9.53 Å². The molecule has 0 amide bonds. The summed E-state index contributed by atoms with van der Waals surface area (Å²) in [6, 6.07) is 0.282.